The lowest BCUT2D eigenvalue weighted by atomic mass is 9.96. The molecule has 156 valence electrons. The Morgan fingerprint density at radius 1 is 0.935 bits per heavy atom. The summed E-state index contributed by atoms with van der Waals surface area (Å²) >= 11 is 0. The van der Waals surface area contributed by atoms with Crippen LogP contribution in [0, 0.1) is 0 Å². The van der Waals surface area contributed by atoms with Gasteiger partial charge in [0.2, 0.25) is 11.6 Å². The normalized spacial score (nSPS) is 12.0. The summed E-state index contributed by atoms with van der Waals surface area (Å²) in [5, 5.41) is 2.17. The predicted molar refractivity (Wildman–Crippen MR) is 117 cm³/mol. The van der Waals surface area contributed by atoms with E-state index in [4.69, 9.17) is 18.9 Å². The van der Waals surface area contributed by atoms with E-state index in [1.54, 1.807) is 12.1 Å². The van der Waals surface area contributed by atoms with Crippen LogP contribution in [0.3, 0.4) is 0 Å². The maximum atomic E-state index is 13.0. The number of fused-ring (bicyclic) bond motifs is 4. The van der Waals surface area contributed by atoms with Crippen molar-refractivity contribution in [1.82, 2.24) is 9.97 Å². The molecule has 5 rings (SSSR count). The third-order valence-electron chi connectivity index (χ3n) is 5.47. The van der Waals surface area contributed by atoms with Gasteiger partial charge in [0.25, 0.3) is 5.56 Å². The van der Waals surface area contributed by atoms with E-state index in [9.17, 15) is 4.79 Å². The fourth-order valence-electron chi connectivity index (χ4n) is 3.95. The number of rotatable bonds is 4. The highest BCUT2D eigenvalue weighted by Crippen LogP contribution is 2.42. The summed E-state index contributed by atoms with van der Waals surface area (Å²) in [7, 11) is 4.61. The van der Waals surface area contributed by atoms with Gasteiger partial charge in [-0.05, 0) is 29.0 Å². The third kappa shape index (κ3) is 3.06. The van der Waals surface area contributed by atoms with Crippen LogP contribution in [0.15, 0.2) is 53.3 Å². The highest BCUT2D eigenvalue weighted by atomic mass is 16.5. The minimum absolute atomic E-state index is 0.243. The molecular weight excluding hydrogens is 396 g/mol. The molecule has 7 nitrogen and oxygen atoms in total. The van der Waals surface area contributed by atoms with Gasteiger partial charge < -0.3 is 23.9 Å². The quantitative estimate of drug-likeness (QED) is 0.470. The van der Waals surface area contributed by atoms with Crippen LogP contribution in [0.1, 0.15) is 11.1 Å². The molecule has 0 saturated heterocycles. The first-order chi connectivity index (χ1) is 15.1. The van der Waals surface area contributed by atoms with Crippen molar-refractivity contribution >= 4 is 10.8 Å². The van der Waals surface area contributed by atoms with E-state index in [0.29, 0.717) is 52.3 Å². The predicted octanol–water partition coefficient (Wildman–Crippen LogP) is 4.31. The largest absolute Gasteiger partial charge is 0.493 e. The smallest absolute Gasteiger partial charge is 0.258 e. The van der Waals surface area contributed by atoms with Crippen LogP contribution in [0.5, 0.6) is 28.9 Å². The van der Waals surface area contributed by atoms with Crippen LogP contribution < -0.4 is 24.5 Å². The van der Waals surface area contributed by atoms with Crippen molar-refractivity contribution in [1.29, 1.82) is 0 Å². The monoisotopic (exact) mass is 416 g/mol. The van der Waals surface area contributed by atoms with Crippen molar-refractivity contribution in [2.75, 3.05) is 21.3 Å². The van der Waals surface area contributed by atoms with Crippen LogP contribution in [0.4, 0.5) is 0 Å². The molecule has 0 atom stereocenters. The van der Waals surface area contributed by atoms with Crippen molar-refractivity contribution in [3.63, 3.8) is 0 Å². The van der Waals surface area contributed by atoms with Crippen molar-refractivity contribution in [3.8, 4) is 40.3 Å². The Bertz CT molecular complexity index is 1350. The van der Waals surface area contributed by atoms with E-state index < -0.39 is 0 Å². The molecule has 0 fully saturated rings. The zero-order chi connectivity index (χ0) is 21.5. The van der Waals surface area contributed by atoms with Gasteiger partial charge in [-0.1, -0.05) is 30.3 Å². The SMILES string of the molecule is COc1cc(-c2nc3c(c(=O)[nH]2)Cc2c(ccc4ccccc24)O3)cc(OC)c1OC. The molecule has 0 aliphatic carbocycles. The summed E-state index contributed by atoms with van der Waals surface area (Å²) in [4.78, 5) is 20.4. The van der Waals surface area contributed by atoms with Gasteiger partial charge >= 0.3 is 0 Å². The second kappa shape index (κ2) is 7.36. The van der Waals surface area contributed by atoms with Crippen molar-refractivity contribution < 1.29 is 18.9 Å². The molecule has 7 heteroatoms. The number of nitrogens with one attached hydrogen (secondary N) is 1. The third-order valence-corrected chi connectivity index (χ3v) is 5.47. The van der Waals surface area contributed by atoms with E-state index in [2.05, 4.69) is 9.97 Å². The number of nitrogens with zero attached hydrogens (tertiary/aromatic N) is 1. The van der Waals surface area contributed by atoms with Crippen LogP contribution in [0.2, 0.25) is 0 Å². The van der Waals surface area contributed by atoms with Crippen molar-refractivity contribution in [3.05, 3.63) is 70.0 Å². The highest BCUT2D eigenvalue weighted by Gasteiger charge is 2.25. The number of benzene rings is 3. The first-order valence-electron chi connectivity index (χ1n) is 9.75. The van der Waals surface area contributed by atoms with Gasteiger partial charge in [-0.3, -0.25) is 4.79 Å². The summed E-state index contributed by atoms with van der Waals surface area (Å²) in [6, 6.07) is 15.4. The van der Waals surface area contributed by atoms with Gasteiger partial charge in [-0.15, -0.1) is 0 Å². The first kappa shape index (κ1) is 19.0. The van der Waals surface area contributed by atoms with Gasteiger partial charge in [0.05, 0.1) is 26.9 Å². The Balaban J connectivity index is 1.63. The van der Waals surface area contributed by atoms with E-state index in [1.165, 1.54) is 21.3 Å². The van der Waals surface area contributed by atoms with Gasteiger partial charge in [0.1, 0.15) is 11.6 Å². The van der Waals surface area contributed by atoms with E-state index in [1.807, 2.05) is 36.4 Å². The van der Waals surface area contributed by atoms with E-state index in [-0.39, 0.29) is 5.56 Å². The molecule has 4 aromatic rings. The van der Waals surface area contributed by atoms with Crippen molar-refractivity contribution in [2.45, 2.75) is 6.42 Å². The summed E-state index contributed by atoms with van der Waals surface area (Å²) in [5.41, 5.74) is 1.85. The molecule has 1 aliphatic rings. The second-order valence-corrected chi connectivity index (χ2v) is 7.15. The maximum Gasteiger partial charge on any atom is 0.258 e. The van der Waals surface area contributed by atoms with Gasteiger partial charge in [0.15, 0.2) is 11.5 Å². The van der Waals surface area contributed by atoms with Crippen LogP contribution in [0.25, 0.3) is 22.2 Å². The molecule has 1 aromatic heterocycles. The number of aromatic amines is 1. The lowest BCUT2D eigenvalue weighted by molar-refractivity contribution is 0.324. The number of ether oxygens (including phenoxy) is 4. The molecular formula is C24H20N2O5. The fourth-order valence-corrected chi connectivity index (χ4v) is 3.95. The molecule has 1 aliphatic heterocycles. The summed E-state index contributed by atoms with van der Waals surface area (Å²) in [6.07, 6.45) is 0.448. The minimum Gasteiger partial charge on any atom is -0.493 e. The average molecular weight is 416 g/mol. The average Bonchev–Trinajstić information content (AvgIpc) is 2.81. The number of aromatic nitrogens is 2. The molecule has 0 radical (unpaired) electrons. The maximum absolute atomic E-state index is 13.0. The lowest BCUT2D eigenvalue weighted by Gasteiger charge is -2.21. The first-order valence-corrected chi connectivity index (χ1v) is 9.75. The minimum atomic E-state index is -0.243. The van der Waals surface area contributed by atoms with Crippen LogP contribution >= 0.6 is 0 Å². The molecule has 2 heterocycles. The Morgan fingerprint density at radius 2 is 1.68 bits per heavy atom. The Kier molecular flexibility index (Phi) is 4.51. The zero-order valence-electron chi connectivity index (χ0n) is 17.3. The van der Waals surface area contributed by atoms with E-state index >= 15 is 0 Å². The molecule has 3 aromatic carbocycles. The molecule has 0 spiro atoms. The molecule has 31 heavy (non-hydrogen) atoms. The zero-order valence-corrected chi connectivity index (χ0v) is 17.3. The molecule has 0 amide bonds. The number of methoxy groups -OCH3 is 3. The standard InChI is InChI=1S/C24H20N2O5/c1-28-19-10-14(11-20(29-2)21(19)30-3)22-25-23(27)17-12-16-15-7-5-4-6-13(15)8-9-18(16)31-24(17)26-22/h4-11H,12H2,1-3H3,(H,25,26,27). The molecule has 1 N–H and O–H groups in total. The summed E-state index contributed by atoms with van der Waals surface area (Å²) in [6.45, 7) is 0. The lowest BCUT2D eigenvalue weighted by Crippen LogP contribution is -2.20. The highest BCUT2D eigenvalue weighted by molar-refractivity contribution is 5.88. The number of hydrogen-bond acceptors (Lipinski definition) is 6. The topological polar surface area (TPSA) is 82.7 Å². The Morgan fingerprint density at radius 3 is 2.39 bits per heavy atom. The fraction of sp³-hybridized carbons (Fsp3) is 0.167. The second-order valence-electron chi connectivity index (χ2n) is 7.15. The molecule has 0 saturated carbocycles. The van der Waals surface area contributed by atoms with Crippen molar-refractivity contribution in [2.24, 2.45) is 0 Å². The Labute approximate surface area is 178 Å². The molecule has 0 bridgehead atoms. The summed E-state index contributed by atoms with van der Waals surface area (Å²) < 4.78 is 22.3. The van der Waals surface area contributed by atoms with Gasteiger partial charge in [-0.25, -0.2) is 0 Å². The van der Waals surface area contributed by atoms with E-state index in [0.717, 1.165) is 16.3 Å². The molecule has 0 unspecified atom stereocenters. The Hall–Kier alpha value is -4.00. The number of H-pyrrole nitrogens is 1. The number of hydrogen-bond donors (Lipinski definition) is 1. The van der Waals surface area contributed by atoms with Crippen LogP contribution in [-0.2, 0) is 6.42 Å². The summed E-state index contributed by atoms with van der Waals surface area (Å²) in [5.74, 6) is 2.76. The van der Waals surface area contributed by atoms with Gasteiger partial charge in [-0.2, -0.15) is 4.98 Å². The van der Waals surface area contributed by atoms with Gasteiger partial charge in [0, 0.05) is 17.5 Å². The van der Waals surface area contributed by atoms with Crippen LogP contribution in [-0.4, -0.2) is 31.3 Å².